The molecule has 0 aromatic heterocycles. The molecule has 28 heavy (non-hydrogen) atoms. The van der Waals surface area contributed by atoms with Gasteiger partial charge in [0.2, 0.25) is 0 Å². The molecule has 1 amide bonds. The smallest absolute Gasteiger partial charge is 0.257 e. The fourth-order valence-electron chi connectivity index (χ4n) is 3.35. The van der Waals surface area contributed by atoms with Crippen LogP contribution in [0.3, 0.4) is 0 Å². The van der Waals surface area contributed by atoms with Gasteiger partial charge < -0.3 is 10.1 Å². The molecular formula is C19H20Cl2N2O4S. The van der Waals surface area contributed by atoms with Crippen LogP contribution in [0.25, 0.3) is 0 Å². The molecule has 2 aromatic carbocycles. The monoisotopic (exact) mass is 442 g/mol. The molecule has 2 aliphatic rings. The van der Waals surface area contributed by atoms with Crippen molar-refractivity contribution in [3.05, 3.63) is 57.6 Å². The maximum atomic E-state index is 12.8. The zero-order chi connectivity index (χ0) is 19.9. The third-order valence-corrected chi connectivity index (χ3v) is 7.39. The Morgan fingerprint density at radius 1 is 1.18 bits per heavy atom. The summed E-state index contributed by atoms with van der Waals surface area (Å²) in [5.41, 5.74) is 2.41. The van der Waals surface area contributed by atoms with Gasteiger partial charge in [0.15, 0.2) is 0 Å². The average Bonchev–Trinajstić information content (AvgIpc) is 2.92. The minimum atomic E-state index is -2.84. The maximum Gasteiger partial charge on any atom is 0.257 e. The van der Waals surface area contributed by atoms with E-state index in [9.17, 15) is 13.9 Å². The summed E-state index contributed by atoms with van der Waals surface area (Å²) in [4.78, 5) is 12.8. The van der Waals surface area contributed by atoms with Crippen LogP contribution in [0.5, 0.6) is 0 Å². The molecule has 6 nitrogen and oxygen atoms in total. The summed E-state index contributed by atoms with van der Waals surface area (Å²) in [6.07, 6.45) is 0.683. The Balaban J connectivity index is 1.58. The first-order valence-corrected chi connectivity index (χ1v) is 11.3. The standard InChI is InChI=1S/C19H20Cl2N2O4S/c20-14-6-12(13-10-27-11-13)7-15(8-14)22-19(24)17-9-16(2-3-18(17)21)23-4-1-5-28(23,25)26/h2-3,6-9,13,25-26H,1,4-5,10-11H2,(H,22,24). The van der Waals surface area contributed by atoms with Crippen molar-refractivity contribution in [3.63, 3.8) is 0 Å². The van der Waals surface area contributed by atoms with Gasteiger partial charge in [-0.05, 0) is 48.4 Å². The third-order valence-electron chi connectivity index (χ3n) is 4.90. The predicted molar refractivity (Wildman–Crippen MR) is 114 cm³/mol. The average molecular weight is 443 g/mol. The first-order valence-electron chi connectivity index (χ1n) is 8.86. The lowest BCUT2D eigenvalue weighted by atomic mass is 9.97. The molecule has 0 unspecified atom stereocenters. The Labute approximate surface area is 174 Å². The van der Waals surface area contributed by atoms with Crippen LogP contribution in [0.15, 0.2) is 36.4 Å². The van der Waals surface area contributed by atoms with Gasteiger partial charge in [0.05, 0.1) is 35.2 Å². The molecule has 3 N–H and O–H groups in total. The Morgan fingerprint density at radius 3 is 2.61 bits per heavy atom. The summed E-state index contributed by atoms with van der Waals surface area (Å²) in [6, 6.07) is 10.3. The van der Waals surface area contributed by atoms with Crippen LogP contribution in [-0.4, -0.2) is 40.5 Å². The van der Waals surface area contributed by atoms with Gasteiger partial charge in [-0.2, -0.15) is 0 Å². The second-order valence-electron chi connectivity index (χ2n) is 6.92. The topological polar surface area (TPSA) is 82.0 Å². The number of hydrogen-bond donors (Lipinski definition) is 3. The molecule has 0 aliphatic carbocycles. The Kier molecular flexibility index (Phi) is 5.48. The highest BCUT2D eigenvalue weighted by molar-refractivity contribution is 8.25. The minimum Gasteiger partial charge on any atom is -0.380 e. The lowest BCUT2D eigenvalue weighted by molar-refractivity contribution is 0.00845. The second-order valence-corrected chi connectivity index (χ2v) is 9.88. The van der Waals surface area contributed by atoms with E-state index >= 15 is 0 Å². The number of halogens is 2. The van der Waals surface area contributed by atoms with Crippen molar-refractivity contribution in [2.45, 2.75) is 12.3 Å². The van der Waals surface area contributed by atoms with Crippen LogP contribution in [0.2, 0.25) is 10.0 Å². The van der Waals surface area contributed by atoms with Gasteiger partial charge in [-0.1, -0.05) is 23.2 Å². The number of anilines is 2. The minimum absolute atomic E-state index is 0.259. The van der Waals surface area contributed by atoms with Gasteiger partial charge in [0, 0.05) is 23.2 Å². The lowest BCUT2D eigenvalue weighted by Crippen LogP contribution is -2.25. The van der Waals surface area contributed by atoms with Crippen molar-refractivity contribution in [1.82, 2.24) is 0 Å². The highest BCUT2D eigenvalue weighted by Gasteiger charge is 2.30. The number of amides is 1. The summed E-state index contributed by atoms with van der Waals surface area (Å²) in [5.74, 6) is 0.218. The summed E-state index contributed by atoms with van der Waals surface area (Å²) in [6.45, 7) is 1.81. The molecule has 150 valence electrons. The van der Waals surface area contributed by atoms with Crippen molar-refractivity contribution >= 4 is 51.3 Å². The van der Waals surface area contributed by atoms with E-state index in [1.165, 1.54) is 4.31 Å². The Bertz CT molecular complexity index is 921. The fourth-order valence-corrected chi connectivity index (χ4v) is 5.40. The van der Waals surface area contributed by atoms with Gasteiger partial charge >= 0.3 is 0 Å². The van der Waals surface area contributed by atoms with Crippen LogP contribution < -0.4 is 9.62 Å². The summed E-state index contributed by atoms with van der Waals surface area (Å²) < 4.78 is 27.1. The van der Waals surface area contributed by atoms with Crippen molar-refractivity contribution in [2.75, 3.05) is 35.1 Å². The van der Waals surface area contributed by atoms with E-state index in [4.69, 9.17) is 27.9 Å². The number of nitrogens with zero attached hydrogens (tertiary/aromatic N) is 1. The zero-order valence-electron chi connectivity index (χ0n) is 14.9. The molecule has 2 saturated heterocycles. The van der Waals surface area contributed by atoms with Gasteiger partial charge in [-0.15, -0.1) is 10.8 Å². The Morgan fingerprint density at radius 2 is 1.96 bits per heavy atom. The summed E-state index contributed by atoms with van der Waals surface area (Å²) >= 11 is 12.4. The fraction of sp³-hybridized carbons (Fsp3) is 0.316. The van der Waals surface area contributed by atoms with Crippen LogP contribution in [0, 0.1) is 0 Å². The maximum absolute atomic E-state index is 12.8. The predicted octanol–water partition coefficient (Wildman–Crippen LogP) is 5.24. The highest BCUT2D eigenvalue weighted by Crippen LogP contribution is 2.51. The number of benzene rings is 2. The number of rotatable bonds is 4. The first-order chi connectivity index (χ1) is 13.3. The molecule has 9 heteroatoms. The van der Waals surface area contributed by atoms with E-state index in [0.29, 0.717) is 48.3 Å². The van der Waals surface area contributed by atoms with Gasteiger partial charge in [0.1, 0.15) is 0 Å². The lowest BCUT2D eigenvalue weighted by Gasteiger charge is -2.38. The highest BCUT2D eigenvalue weighted by atomic mass is 35.5. The van der Waals surface area contributed by atoms with Crippen molar-refractivity contribution < 1.29 is 18.6 Å². The first kappa shape index (κ1) is 19.8. The molecule has 4 rings (SSSR count). The van der Waals surface area contributed by atoms with Crippen molar-refractivity contribution in [2.24, 2.45) is 0 Å². The van der Waals surface area contributed by atoms with Crippen molar-refractivity contribution in [1.29, 1.82) is 0 Å². The van der Waals surface area contributed by atoms with E-state index in [0.717, 1.165) is 5.56 Å². The van der Waals surface area contributed by atoms with E-state index in [1.54, 1.807) is 24.3 Å². The van der Waals surface area contributed by atoms with E-state index in [2.05, 4.69) is 5.32 Å². The largest absolute Gasteiger partial charge is 0.380 e. The normalized spacial score (nSPS) is 19.9. The summed E-state index contributed by atoms with van der Waals surface area (Å²) in [5, 5.41) is 3.65. The molecule has 0 spiro atoms. The van der Waals surface area contributed by atoms with E-state index in [-0.39, 0.29) is 22.4 Å². The zero-order valence-corrected chi connectivity index (χ0v) is 17.2. The van der Waals surface area contributed by atoms with Crippen LogP contribution in [0.1, 0.15) is 28.3 Å². The van der Waals surface area contributed by atoms with Crippen LogP contribution >= 0.6 is 34.0 Å². The molecule has 2 aliphatic heterocycles. The van der Waals surface area contributed by atoms with Crippen LogP contribution in [-0.2, 0) is 4.74 Å². The second kappa shape index (κ2) is 7.74. The number of carbonyl (C=O) groups is 1. The number of nitrogens with one attached hydrogen (secondary N) is 1. The van der Waals surface area contributed by atoms with Crippen molar-refractivity contribution in [3.8, 4) is 0 Å². The number of ether oxygens (including phenoxy) is 1. The molecule has 0 bridgehead atoms. The molecule has 2 aromatic rings. The van der Waals surface area contributed by atoms with Crippen LogP contribution in [0.4, 0.5) is 11.4 Å². The molecule has 0 saturated carbocycles. The molecule has 2 fully saturated rings. The number of hydrogen-bond acceptors (Lipinski definition) is 5. The quantitative estimate of drug-likeness (QED) is 0.603. The van der Waals surface area contributed by atoms with Gasteiger partial charge in [0.25, 0.3) is 5.91 Å². The molecule has 0 atom stereocenters. The van der Waals surface area contributed by atoms with Gasteiger partial charge in [-0.3, -0.25) is 18.2 Å². The van der Waals surface area contributed by atoms with Gasteiger partial charge in [-0.25, -0.2) is 0 Å². The SMILES string of the molecule is O=C(Nc1cc(Cl)cc(C2COC2)c1)c1cc(N2CCCS2(O)O)ccc1Cl. The number of carbonyl (C=O) groups excluding carboxylic acids is 1. The van der Waals surface area contributed by atoms with E-state index in [1.807, 2.05) is 12.1 Å². The molecule has 2 heterocycles. The van der Waals surface area contributed by atoms with E-state index < -0.39 is 10.8 Å². The molecule has 0 radical (unpaired) electrons. The summed E-state index contributed by atoms with van der Waals surface area (Å²) in [7, 11) is -2.84. The molecular weight excluding hydrogens is 423 g/mol. The third kappa shape index (κ3) is 3.96. The Hall–Kier alpha value is -1.48.